The molecule has 1 fully saturated rings. The number of carbonyl (C=O) groups excluding carboxylic acids is 2. The van der Waals surface area contributed by atoms with Gasteiger partial charge in [0.1, 0.15) is 0 Å². The lowest BCUT2D eigenvalue weighted by Crippen LogP contribution is -2.41. The van der Waals surface area contributed by atoms with Gasteiger partial charge in [-0.1, -0.05) is 12.1 Å². The fourth-order valence-corrected chi connectivity index (χ4v) is 2.32. The molecule has 21 heavy (non-hydrogen) atoms. The van der Waals surface area contributed by atoms with Crippen molar-refractivity contribution in [2.24, 2.45) is 0 Å². The Balaban J connectivity index is 0.00000220. The van der Waals surface area contributed by atoms with E-state index in [4.69, 9.17) is 0 Å². The number of amides is 2. The summed E-state index contributed by atoms with van der Waals surface area (Å²) in [6, 6.07) is 7.65. The van der Waals surface area contributed by atoms with Gasteiger partial charge >= 0.3 is 0 Å². The highest BCUT2D eigenvalue weighted by molar-refractivity contribution is 5.88. The molecule has 1 aromatic carbocycles. The molecule has 2 rings (SSSR count). The lowest BCUT2D eigenvalue weighted by Gasteiger charge is -2.11. The molecule has 1 aliphatic rings. The van der Waals surface area contributed by atoms with Crippen molar-refractivity contribution < 1.29 is 9.59 Å². The van der Waals surface area contributed by atoms with Crippen LogP contribution in [0.1, 0.15) is 25.3 Å². The van der Waals surface area contributed by atoms with Gasteiger partial charge in [-0.3, -0.25) is 9.59 Å². The largest absolute Gasteiger partial charge is 0.354 e. The first-order chi connectivity index (χ1) is 9.65. The van der Waals surface area contributed by atoms with Crippen LogP contribution in [0.3, 0.4) is 0 Å². The maximum absolute atomic E-state index is 11.8. The van der Waals surface area contributed by atoms with Crippen molar-refractivity contribution in [2.45, 2.75) is 32.2 Å². The smallest absolute Gasteiger partial charge is 0.237 e. The van der Waals surface area contributed by atoms with Crippen molar-refractivity contribution in [2.75, 3.05) is 18.4 Å². The number of anilines is 1. The molecule has 0 radical (unpaired) electrons. The summed E-state index contributed by atoms with van der Waals surface area (Å²) in [5.41, 5.74) is 1.93. The Hall–Kier alpha value is -1.59. The summed E-state index contributed by atoms with van der Waals surface area (Å²) in [6.45, 7) is 3.06. The molecule has 2 amide bonds. The normalized spacial score (nSPS) is 16.9. The van der Waals surface area contributed by atoms with Crippen molar-refractivity contribution in [3.8, 4) is 0 Å². The topological polar surface area (TPSA) is 70.2 Å². The van der Waals surface area contributed by atoms with Gasteiger partial charge in [0.15, 0.2) is 0 Å². The molecule has 1 heterocycles. The van der Waals surface area contributed by atoms with E-state index in [-0.39, 0.29) is 30.3 Å². The zero-order chi connectivity index (χ0) is 14.4. The van der Waals surface area contributed by atoms with E-state index in [1.165, 1.54) is 6.92 Å². The lowest BCUT2D eigenvalue weighted by molar-refractivity contribution is -0.122. The van der Waals surface area contributed by atoms with Crippen LogP contribution in [-0.2, 0) is 16.0 Å². The van der Waals surface area contributed by atoms with Gasteiger partial charge in [-0.25, -0.2) is 0 Å². The van der Waals surface area contributed by atoms with Gasteiger partial charge in [0.25, 0.3) is 0 Å². The molecule has 1 aliphatic heterocycles. The molecule has 116 valence electrons. The van der Waals surface area contributed by atoms with E-state index in [0.717, 1.165) is 37.1 Å². The van der Waals surface area contributed by atoms with Gasteiger partial charge in [0, 0.05) is 19.2 Å². The number of halogens is 1. The number of benzene rings is 1. The number of carbonyl (C=O) groups is 2. The van der Waals surface area contributed by atoms with Crippen molar-refractivity contribution in [3.05, 3.63) is 29.8 Å². The highest BCUT2D eigenvalue weighted by atomic mass is 35.5. The average Bonchev–Trinajstić information content (AvgIpc) is 2.94. The van der Waals surface area contributed by atoms with Crippen LogP contribution in [0.4, 0.5) is 5.69 Å². The molecular weight excluding hydrogens is 290 g/mol. The van der Waals surface area contributed by atoms with Crippen LogP contribution in [0.2, 0.25) is 0 Å². The Morgan fingerprint density at radius 1 is 1.29 bits per heavy atom. The molecule has 0 aliphatic carbocycles. The van der Waals surface area contributed by atoms with Crippen molar-refractivity contribution in [1.29, 1.82) is 0 Å². The molecule has 0 bridgehead atoms. The minimum atomic E-state index is -0.0749. The molecule has 1 saturated heterocycles. The number of hydrogen-bond acceptors (Lipinski definition) is 3. The van der Waals surface area contributed by atoms with Crippen LogP contribution < -0.4 is 16.0 Å². The predicted octanol–water partition coefficient (Wildman–Crippen LogP) is 1.48. The Labute approximate surface area is 131 Å². The molecule has 5 nitrogen and oxygen atoms in total. The Kier molecular flexibility index (Phi) is 7.19. The summed E-state index contributed by atoms with van der Waals surface area (Å²) in [6.07, 6.45) is 2.79. The fourth-order valence-electron chi connectivity index (χ4n) is 2.32. The highest BCUT2D eigenvalue weighted by Gasteiger charge is 2.21. The first kappa shape index (κ1) is 17.5. The third-order valence-corrected chi connectivity index (χ3v) is 3.36. The van der Waals surface area contributed by atoms with Gasteiger partial charge in [-0.2, -0.15) is 0 Å². The Morgan fingerprint density at radius 2 is 2.00 bits per heavy atom. The van der Waals surface area contributed by atoms with E-state index >= 15 is 0 Å². The number of hydrogen-bond donors (Lipinski definition) is 3. The number of nitrogens with one attached hydrogen (secondary N) is 3. The average molecular weight is 312 g/mol. The molecule has 3 N–H and O–H groups in total. The molecule has 1 aromatic rings. The maximum atomic E-state index is 11.8. The first-order valence-electron chi connectivity index (χ1n) is 7.03. The van der Waals surface area contributed by atoms with Crippen LogP contribution in [-0.4, -0.2) is 30.9 Å². The minimum absolute atomic E-state index is 0. The molecule has 1 atom stereocenters. The quantitative estimate of drug-likeness (QED) is 0.771. The lowest BCUT2D eigenvalue weighted by atomic mass is 10.1. The standard InChI is InChI=1S/C15H21N3O2.ClH/c1-11(19)18-13-6-4-12(5-7-13)8-10-17-15(20)14-3-2-9-16-14;/h4-7,14,16H,2-3,8-10H2,1H3,(H,17,20)(H,18,19);1H. The van der Waals surface area contributed by atoms with Crippen LogP contribution in [0.15, 0.2) is 24.3 Å². The summed E-state index contributed by atoms with van der Waals surface area (Å²) < 4.78 is 0. The Bertz CT molecular complexity index is 470. The van der Waals surface area contributed by atoms with Gasteiger partial charge in [-0.15, -0.1) is 12.4 Å². The second-order valence-corrected chi connectivity index (χ2v) is 5.07. The van der Waals surface area contributed by atoms with Crippen molar-refractivity contribution >= 4 is 29.9 Å². The van der Waals surface area contributed by atoms with Crippen molar-refractivity contribution in [3.63, 3.8) is 0 Å². The van der Waals surface area contributed by atoms with E-state index in [2.05, 4.69) is 16.0 Å². The summed E-state index contributed by atoms with van der Waals surface area (Å²) in [5, 5.41) is 8.85. The second-order valence-electron chi connectivity index (χ2n) is 5.07. The van der Waals surface area contributed by atoms with E-state index in [9.17, 15) is 9.59 Å². The Morgan fingerprint density at radius 3 is 2.57 bits per heavy atom. The monoisotopic (exact) mass is 311 g/mol. The van der Waals surface area contributed by atoms with Crippen LogP contribution in [0, 0.1) is 0 Å². The van der Waals surface area contributed by atoms with Crippen molar-refractivity contribution in [1.82, 2.24) is 10.6 Å². The second kappa shape index (κ2) is 8.64. The molecule has 1 unspecified atom stereocenters. The third-order valence-electron chi connectivity index (χ3n) is 3.36. The SMILES string of the molecule is CC(=O)Nc1ccc(CCNC(=O)C2CCCN2)cc1.Cl. The molecule has 0 aromatic heterocycles. The maximum Gasteiger partial charge on any atom is 0.237 e. The summed E-state index contributed by atoms with van der Waals surface area (Å²) >= 11 is 0. The number of rotatable bonds is 5. The molecular formula is C15H22ClN3O2. The van der Waals surface area contributed by atoms with Gasteiger partial charge in [-0.05, 0) is 43.5 Å². The molecule has 6 heteroatoms. The van der Waals surface area contributed by atoms with E-state index in [1.54, 1.807) is 0 Å². The van der Waals surface area contributed by atoms with Crippen LogP contribution >= 0.6 is 12.4 Å². The molecule has 0 spiro atoms. The first-order valence-corrected chi connectivity index (χ1v) is 7.03. The summed E-state index contributed by atoms with van der Waals surface area (Å²) in [5.74, 6) is 0.0199. The van der Waals surface area contributed by atoms with Gasteiger partial charge in [0.2, 0.25) is 11.8 Å². The van der Waals surface area contributed by atoms with Gasteiger partial charge in [0.05, 0.1) is 6.04 Å². The predicted molar refractivity (Wildman–Crippen MR) is 85.7 cm³/mol. The van der Waals surface area contributed by atoms with E-state index in [0.29, 0.717) is 6.54 Å². The fraction of sp³-hybridized carbons (Fsp3) is 0.467. The molecule has 0 saturated carbocycles. The minimum Gasteiger partial charge on any atom is -0.354 e. The van der Waals surface area contributed by atoms with Crippen LogP contribution in [0.25, 0.3) is 0 Å². The summed E-state index contributed by atoms with van der Waals surface area (Å²) in [4.78, 5) is 22.7. The zero-order valence-corrected chi connectivity index (χ0v) is 13.0. The third kappa shape index (κ3) is 5.73. The van der Waals surface area contributed by atoms with E-state index < -0.39 is 0 Å². The van der Waals surface area contributed by atoms with E-state index in [1.807, 2.05) is 24.3 Å². The van der Waals surface area contributed by atoms with Crippen LogP contribution in [0.5, 0.6) is 0 Å². The highest BCUT2D eigenvalue weighted by Crippen LogP contribution is 2.10. The summed E-state index contributed by atoms with van der Waals surface area (Å²) in [7, 11) is 0. The zero-order valence-electron chi connectivity index (χ0n) is 12.1. The van der Waals surface area contributed by atoms with Gasteiger partial charge < -0.3 is 16.0 Å².